The number of amidine groups is 2. The molecule has 0 radical (unpaired) electrons. The normalized spacial score (nSPS) is 14.8. The molecular formula is C22H22Cl2N4O. The number of aliphatic imine (C=N–C) groups is 2. The van der Waals surface area contributed by atoms with E-state index in [-0.39, 0.29) is 24.8 Å². The fourth-order valence-electron chi connectivity index (χ4n) is 3.47. The topological polar surface area (TPSA) is 61.9 Å². The van der Waals surface area contributed by atoms with Crippen molar-refractivity contribution in [3.63, 3.8) is 0 Å². The standard InChI is InChI=1S/C22H20N4O.2ClH/c1-3-15(13-17(5-1)21-23-9-10-24-21)19-7-8-20(27-19)16-4-2-6-18(14-16)22-25-11-12-26-22;;/h1-8,13-14H,9-12H2,(H,23,24)(H,25,26);2*1H. The molecule has 29 heavy (non-hydrogen) atoms. The highest BCUT2D eigenvalue weighted by atomic mass is 35.5. The van der Waals surface area contributed by atoms with Crippen molar-refractivity contribution in [2.75, 3.05) is 26.2 Å². The summed E-state index contributed by atoms with van der Waals surface area (Å²) in [6, 6.07) is 20.6. The van der Waals surface area contributed by atoms with Crippen molar-refractivity contribution in [2.24, 2.45) is 9.98 Å². The summed E-state index contributed by atoms with van der Waals surface area (Å²) in [4.78, 5) is 9.00. The molecule has 2 N–H and O–H groups in total. The first-order valence-electron chi connectivity index (χ1n) is 9.25. The van der Waals surface area contributed by atoms with E-state index in [4.69, 9.17) is 4.42 Å². The minimum atomic E-state index is 0. The molecule has 5 nitrogen and oxygen atoms in total. The second kappa shape index (κ2) is 9.16. The molecule has 0 unspecified atom stereocenters. The fraction of sp³-hybridized carbons (Fsp3) is 0.182. The predicted molar refractivity (Wildman–Crippen MR) is 123 cm³/mol. The number of hydrogen-bond acceptors (Lipinski definition) is 5. The molecule has 0 amide bonds. The van der Waals surface area contributed by atoms with Gasteiger partial charge >= 0.3 is 0 Å². The van der Waals surface area contributed by atoms with Crippen molar-refractivity contribution in [3.05, 3.63) is 71.8 Å². The van der Waals surface area contributed by atoms with Crippen LogP contribution in [0.5, 0.6) is 0 Å². The van der Waals surface area contributed by atoms with Gasteiger partial charge < -0.3 is 15.1 Å². The van der Waals surface area contributed by atoms with Gasteiger partial charge in [0.2, 0.25) is 0 Å². The van der Waals surface area contributed by atoms with Gasteiger partial charge in [-0.15, -0.1) is 24.8 Å². The van der Waals surface area contributed by atoms with Crippen LogP contribution in [0.4, 0.5) is 0 Å². The van der Waals surface area contributed by atoms with Gasteiger partial charge in [-0.2, -0.15) is 0 Å². The zero-order valence-electron chi connectivity index (χ0n) is 15.7. The lowest BCUT2D eigenvalue weighted by Crippen LogP contribution is -2.19. The first kappa shape index (κ1) is 21.0. The molecule has 2 aromatic carbocycles. The van der Waals surface area contributed by atoms with E-state index in [2.05, 4.69) is 57.0 Å². The first-order valence-corrected chi connectivity index (χ1v) is 9.25. The molecular weight excluding hydrogens is 407 g/mol. The molecule has 3 aromatic rings. The van der Waals surface area contributed by atoms with Crippen LogP contribution in [0.15, 0.2) is 75.1 Å². The largest absolute Gasteiger partial charge is 0.456 e. The maximum absolute atomic E-state index is 6.17. The second-order valence-electron chi connectivity index (χ2n) is 6.64. The van der Waals surface area contributed by atoms with Crippen molar-refractivity contribution in [2.45, 2.75) is 0 Å². The molecule has 0 atom stereocenters. The van der Waals surface area contributed by atoms with E-state index in [0.717, 1.165) is 71.6 Å². The van der Waals surface area contributed by atoms with Gasteiger partial charge in [0.05, 0.1) is 13.1 Å². The Hall–Kier alpha value is -2.76. The Balaban J connectivity index is 0.00000120. The SMILES string of the molecule is Cl.Cl.c1cc(C2=NCCN2)cc(-c2ccc(-c3cccc(C4=NCCN4)c3)o2)c1. The second-order valence-corrected chi connectivity index (χ2v) is 6.64. The van der Waals surface area contributed by atoms with Gasteiger partial charge in [-0.1, -0.05) is 36.4 Å². The summed E-state index contributed by atoms with van der Waals surface area (Å²) >= 11 is 0. The molecule has 0 spiro atoms. The van der Waals surface area contributed by atoms with Crippen molar-refractivity contribution in [3.8, 4) is 22.6 Å². The Morgan fingerprint density at radius 1 is 0.621 bits per heavy atom. The van der Waals surface area contributed by atoms with Gasteiger partial charge in [0.15, 0.2) is 0 Å². The van der Waals surface area contributed by atoms with Gasteiger partial charge in [-0.25, -0.2) is 0 Å². The van der Waals surface area contributed by atoms with E-state index in [1.165, 1.54) is 0 Å². The highest BCUT2D eigenvalue weighted by Gasteiger charge is 2.13. The average Bonchev–Trinajstić information content (AvgIpc) is 3.51. The quantitative estimate of drug-likeness (QED) is 0.655. The molecule has 2 aliphatic rings. The van der Waals surface area contributed by atoms with E-state index >= 15 is 0 Å². The van der Waals surface area contributed by atoms with Gasteiger partial charge in [-0.05, 0) is 24.3 Å². The summed E-state index contributed by atoms with van der Waals surface area (Å²) in [5.74, 6) is 3.63. The maximum atomic E-state index is 6.17. The van der Waals surface area contributed by atoms with Crippen LogP contribution in [0.2, 0.25) is 0 Å². The van der Waals surface area contributed by atoms with Crippen LogP contribution in [-0.4, -0.2) is 37.9 Å². The van der Waals surface area contributed by atoms with Crippen LogP contribution in [-0.2, 0) is 0 Å². The monoisotopic (exact) mass is 428 g/mol. The fourth-order valence-corrected chi connectivity index (χ4v) is 3.47. The Morgan fingerprint density at radius 2 is 1.07 bits per heavy atom. The van der Waals surface area contributed by atoms with E-state index < -0.39 is 0 Å². The van der Waals surface area contributed by atoms with E-state index in [0.29, 0.717) is 0 Å². The van der Waals surface area contributed by atoms with Crippen molar-refractivity contribution >= 4 is 36.5 Å². The Labute approximate surface area is 182 Å². The predicted octanol–water partition coefficient (Wildman–Crippen LogP) is 4.16. The van der Waals surface area contributed by atoms with Crippen molar-refractivity contribution in [1.82, 2.24) is 10.6 Å². The van der Waals surface area contributed by atoms with Crippen LogP contribution in [0, 0.1) is 0 Å². The number of halogens is 2. The van der Waals surface area contributed by atoms with E-state index in [1.54, 1.807) is 0 Å². The van der Waals surface area contributed by atoms with Gasteiger partial charge in [0, 0.05) is 35.3 Å². The molecule has 150 valence electrons. The van der Waals surface area contributed by atoms with Crippen LogP contribution >= 0.6 is 24.8 Å². The van der Waals surface area contributed by atoms with Crippen LogP contribution in [0.3, 0.4) is 0 Å². The highest BCUT2D eigenvalue weighted by molar-refractivity contribution is 6.01. The summed E-state index contributed by atoms with van der Waals surface area (Å²) in [5.41, 5.74) is 4.28. The smallest absolute Gasteiger partial charge is 0.134 e. The zero-order chi connectivity index (χ0) is 18.1. The Kier molecular flexibility index (Phi) is 6.62. The molecule has 0 aliphatic carbocycles. The third kappa shape index (κ3) is 4.31. The van der Waals surface area contributed by atoms with E-state index in [1.807, 2.05) is 24.3 Å². The number of benzene rings is 2. The summed E-state index contributed by atoms with van der Waals surface area (Å²) in [6.07, 6.45) is 0. The third-order valence-electron chi connectivity index (χ3n) is 4.80. The average molecular weight is 429 g/mol. The summed E-state index contributed by atoms with van der Waals surface area (Å²) < 4.78 is 6.17. The number of nitrogens with one attached hydrogen (secondary N) is 2. The summed E-state index contributed by atoms with van der Waals surface area (Å²) in [6.45, 7) is 3.48. The van der Waals surface area contributed by atoms with Crippen LogP contribution in [0.1, 0.15) is 11.1 Å². The Morgan fingerprint density at radius 3 is 1.48 bits per heavy atom. The van der Waals surface area contributed by atoms with Crippen LogP contribution in [0.25, 0.3) is 22.6 Å². The third-order valence-corrected chi connectivity index (χ3v) is 4.80. The Bertz CT molecular complexity index is 976. The zero-order valence-corrected chi connectivity index (χ0v) is 17.4. The number of furan rings is 1. The van der Waals surface area contributed by atoms with E-state index in [9.17, 15) is 0 Å². The molecule has 0 bridgehead atoms. The summed E-state index contributed by atoms with van der Waals surface area (Å²) in [5, 5.41) is 6.64. The molecule has 3 heterocycles. The van der Waals surface area contributed by atoms with Crippen molar-refractivity contribution in [1.29, 1.82) is 0 Å². The maximum Gasteiger partial charge on any atom is 0.134 e. The minimum absolute atomic E-state index is 0. The van der Waals surface area contributed by atoms with Crippen LogP contribution < -0.4 is 10.6 Å². The molecule has 2 aliphatic heterocycles. The minimum Gasteiger partial charge on any atom is -0.456 e. The van der Waals surface area contributed by atoms with Gasteiger partial charge in [0.25, 0.3) is 0 Å². The van der Waals surface area contributed by atoms with Crippen molar-refractivity contribution < 1.29 is 4.42 Å². The molecule has 0 saturated carbocycles. The highest BCUT2D eigenvalue weighted by Crippen LogP contribution is 2.29. The first-order chi connectivity index (χ1) is 13.4. The summed E-state index contributed by atoms with van der Waals surface area (Å²) in [7, 11) is 0. The van der Waals surface area contributed by atoms with Gasteiger partial charge in [-0.3, -0.25) is 9.98 Å². The number of hydrogen-bond donors (Lipinski definition) is 2. The molecule has 5 rings (SSSR count). The lowest BCUT2D eigenvalue weighted by atomic mass is 10.1. The molecule has 0 fully saturated rings. The lowest BCUT2D eigenvalue weighted by Gasteiger charge is -2.05. The van der Waals surface area contributed by atoms with Gasteiger partial charge in [0.1, 0.15) is 23.2 Å². The number of rotatable bonds is 4. The molecule has 0 saturated heterocycles. The number of nitrogens with zero attached hydrogens (tertiary/aromatic N) is 2. The molecule has 1 aromatic heterocycles. The molecule has 7 heteroatoms. The lowest BCUT2D eigenvalue weighted by molar-refractivity contribution is 0.597.